The molecule has 0 saturated carbocycles. The lowest BCUT2D eigenvalue weighted by atomic mass is 10.1. The number of benzene rings is 1. The normalized spacial score (nSPS) is 12.1. The topological polar surface area (TPSA) is 88.2 Å². The van der Waals surface area contributed by atoms with E-state index in [0.717, 1.165) is 9.88 Å². The molecule has 2 N–H and O–H groups in total. The molecule has 0 bridgehead atoms. The molecule has 0 atom stereocenters. The highest BCUT2D eigenvalue weighted by atomic mass is 32.2. The number of sulfonamides is 1. The maximum atomic E-state index is 12.7. The monoisotopic (exact) mass is 435 g/mol. The van der Waals surface area contributed by atoms with Gasteiger partial charge in [-0.2, -0.15) is 0 Å². The highest BCUT2D eigenvalue weighted by Gasteiger charge is 2.23. The fourth-order valence-corrected chi connectivity index (χ4v) is 5.73. The second-order valence-electron chi connectivity index (χ2n) is 7.25. The Hall–Kier alpha value is -2.07. The maximum absolute atomic E-state index is 12.7. The molecule has 0 aliphatic carbocycles. The number of nitrogens with one attached hydrogen (secondary N) is 2. The van der Waals surface area contributed by atoms with E-state index >= 15 is 0 Å². The van der Waals surface area contributed by atoms with Crippen molar-refractivity contribution in [1.29, 1.82) is 0 Å². The Morgan fingerprint density at radius 2 is 1.89 bits per heavy atom. The van der Waals surface area contributed by atoms with Crippen molar-refractivity contribution >= 4 is 44.3 Å². The third-order valence-corrected chi connectivity index (χ3v) is 7.53. The molecule has 1 aromatic carbocycles. The molecule has 0 radical (unpaired) electrons. The number of carbonyl (C=O) groups excluding carboxylic acids is 1. The zero-order valence-corrected chi connectivity index (χ0v) is 18.4. The SMILES string of the molecule is Cc1nc(-c2cccs2)sc1C(=O)Nc1cccc(S(=O)(=O)NC(C)(C)C)c1. The summed E-state index contributed by atoms with van der Waals surface area (Å²) < 4.78 is 27.6. The molecule has 0 saturated heterocycles. The Morgan fingerprint density at radius 1 is 1.14 bits per heavy atom. The second-order valence-corrected chi connectivity index (χ2v) is 10.9. The van der Waals surface area contributed by atoms with E-state index in [4.69, 9.17) is 0 Å². The highest BCUT2D eigenvalue weighted by Crippen LogP contribution is 2.31. The molecular weight excluding hydrogens is 414 g/mol. The Balaban J connectivity index is 1.82. The first-order valence-electron chi connectivity index (χ1n) is 8.52. The summed E-state index contributed by atoms with van der Waals surface area (Å²) >= 11 is 2.88. The molecule has 1 amide bonds. The van der Waals surface area contributed by atoms with Gasteiger partial charge in [-0.15, -0.1) is 22.7 Å². The van der Waals surface area contributed by atoms with E-state index in [0.29, 0.717) is 16.3 Å². The third-order valence-electron chi connectivity index (χ3n) is 3.58. The largest absolute Gasteiger partial charge is 0.321 e. The molecule has 9 heteroatoms. The van der Waals surface area contributed by atoms with Gasteiger partial charge in [0.15, 0.2) is 0 Å². The van der Waals surface area contributed by atoms with Gasteiger partial charge in [0.25, 0.3) is 5.91 Å². The molecule has 2 heterocycles. The predicted octanol–water partition coefficient (Wildman–Crippen LogP) is 4.51. The predicted molar refractivity (Wildman–Crippen MR) is 115 cm³/mol. The Kier molecular flexibility index (Phi) is 5.72. The number of aryl methyl sites for hydroxylation is 1. The van der Waals surface area contributed by atoms with Gasteiger partial charge in [0.1, 0.15) is 9.88 Å². The molecule has 0 aliphatic heterocycles. The maximum Gasteiger partial charge on any atom is 0.267 e. The van der Waals surface area contributed by atoms with E-state index < -0.39 is 15.6 Å². The zero-order chi connectivity index (χ0) is 20.5. The smallest absolute Gasteiger partial charge is 0.267 e. The number of nitrogens with zero attached hydrogens (tertiary/aromatic N) is 1. The number of anilines is 1. The number of thiophene rings is 1. The van der Waals surface area contributed by atoms with Gasteiger partial charge < -0.3 is 5.32 Å². The number of amides is 1. The molecule has 0 fully saturated rings. The highest BCUT2D eigenvalue weighted by molar-refractivity contribution is 7.89. The van der Waals surface area contributed by atoms with Gasteiger partial charge in [-0.25, -0.2) is 18.1 Å². The summed E-state index contributed by atoms with van der Waals surface area (Å²) in [6.45, 7) is 7.10. The fraction of sp³-hybridized carbons (Fsp3) is 0.263. The number of hydrogen-bond acceptors (Lipinski definition) is 6. The molecule has 0 aliphatic rings. The van der Waals surface area contributed by atoms with Gasteiger partial charge in [-0.3, -0.25) is 4.79 Å². The summed E-state index contributed by atoms with van der Waals surface area (Å²) in [5, 5.41) is 5.53. The number of aromatic nitrogens is 1. The average Bonchev–Trinajstić information content (AvgIpc) is 3.22. The molecule has 3 rings (SSSR count). The molecule has 2 aromatic heterocycles. The van der Waals surface area contributed by atoms with E-state index in [2.05, 4.69) is 15.0 Å². The summed E-state index contributed by atoms with van der Waals surface area (Å²) in [5.41, 5.74) is 0.451. The fourth-order valence-electron chi connectivity index (χ4n) is 2.50. The van der Waals surface area contributed by atoms with Gasteiger partial charge in [0.05, 0.1) is 15.5 Å². The van der Waals surface area contributed by atoms with Crippen LogP contribution in [0.4, 0.5) is 5.69 Å². The lowest BCUT2D eigenvalue weighted by molar-refractivity contribution is 0.102. The minimum absolute atomic E-state index is 0.0977. The van der Waals surface area contributed by atoms with Crippen molar-refractivity contribution in [3.8, 4) is 9.88 Å². The zero-order valence-electron chi connectivity index (χ0n) is 15.9. The van der Waals surface area contributed by atoms with Crippen LogP contribution in [0.15, 0.2) is 46.7 Å². The van der Waals surface area contributed by atoms with E-state index in [1.54, 1.807) is 51.2 Å². The van der Waals surface area contributed by atoms with Crippen LogP contribution >= 0.6 is 22.7 Å². The first-order chi connectivity index (χ1) is 13.0. The minimum Gasteiger partial charge on any atom is -0.321 e. The van der Waals surface area contributed by atoms with Crippen molar-refractivity contribution in [3.05, 3.63) is 52.3 Å². The summed E-state index contributed by atoms with van der Waals surface area (Å²) in [7, 11) is -3.68. The average molecular weight is 436 g/mol. The number of carbonyl (C=O) groups is 1. The third kappa shape index (κ3) is 4.85. The van der Waals surface area contributed by atoms with Crippen molar-refractivity contribution in [2.75, 3.05) is 5.32 Å². The van der Waals surface area contributed by atoms with Gasteiger partial charge in [-0.1, -0.05) is 12.1 Å². The van der Waals surface area contributed by atoms with Crippen molar-refractivity contribution in [3.63, 3.8) is 0 Å². The minimum atomic E-state index is -3.68. The van der Waals surface area contributed by atoms with Crippen LogP contribution in [0.25, 0.3) is 9.88 Å². The van der Waals surface area contributed by atoms with E-state index in [-0.39, 0.29) is 10.8 Å². The van der Waals surface area contributed by atoms with Crippen molar-refractivity contribution in [2.45, 2.75) is 38.1 Å². The van der Waals surface area contributed by atoms with Crippen molar-refractivity contribution in [1.82, 2.24) is 9.71 Å². The summed E-state index contributed by atoms with van der Waals surface area (Å²) in [6, 6.07) is 10.1. The van der Waals surface area contributed by atoms with Gasteiger partial charge in [-0.05, 0) is 57.3 Å². The number of thiazole rings is 1. The molecular formula is C19H21N3O3S3. The summed E-state index contributed by atoms with van der Waals surface area (Å²) in [5.74, 6) is -0.309. The first-order valence-corrected chi connectivity index (χ1v) is 11.7. The van der Waals surface area contributed by atoms with E-state index in [1.807, 2.05) is 17.5 Å². The molecule has 148 valence electrons. The van der Waals surface area contributed by atoms with Crippen LogP contribution in [0.1, 0.15) is 36.1 Å². The van der Waals surface area contributed by atoms with Crippen molar-refractivity contribution in [2.24, 2.45) is 0 Å². The van der Waals surface area contributed by atoms with E-state index in [9.17, 15) is 13.2 Å². The Bertz CT molecular complexity index is 1100. The number of hydrogen-bond donors (Lipinski definition) is 2. The van der Waals surface area contributed by atoms with Gasteiger partial charge >= 0.3 is 0 Å². The van der Waals surface area contributed by atoms with Gasteiger partial charge in [0, 0.05) is 11.2 Å². The summed E-state index contributed by atoms with van der Waals surface area (Å²) in [6.07, 6.45) is 0. The first kappa shape index (κ1) is 20.7. The van der Waals surface area contributed by atoms with Gasteiger partial charge in [0.2, 0.25) is 10.0 Å². The lowest BCUT2D eigenvalue weighted by Crippen LogP contribution is -2.40. The summed E-state index contributed by atoms with van der Waals surface area (Å²) in [4.78, 5) is 18.8. The molecule has 6 nitrogen and oxygen atoms in total. The standard InChI is InChI=1S/C19H21N3O3S3/c1-12-16(27-18(20-12)15-9-6-10-26-15)17(23)21-13-7-5-8-14(11-13)28(24,25)22-19(2,3)4/h5-11,22H,1-4H3,(H,21,23). The van der Waals surface area contributed by atoms with Crippen LogP contribution < -0.4 is 10.0 Å². The van der Waals surface area contributed by atoms with Crippen LogP contribution in [0.3, 0.4) is 0 Å². The second kappa shape index (κ2) is 7.75. The van der Waals surface area contributed by atoms with Crippen LogP contribution in [-0.2, 0) is 10.0 Å². The molecule has 0 unspecified atom stereocenters. The molecule has 28 heavy (non-hydrogen) atoms. The Morgan fingerprint density at radius 3 is 2.54 bits per heavy atom. The number of rotatable bonds is 5. The molecule has 3 aromatic rings. The van der Waals surface area contributed by atoms with Crippen LogP contribution in [0.5, 0.6) is 0 Å². The van der Waals surface area contributed by atoms with Crippen molar-refractivity contribution < 1.29 is 13.2 Å². The van der Waals surface area contributed by atoms with Crippen LogP contribution in [0, 0.1) is 6.92 Å². The Labute approximate surface area is 172 Å². The van der Waals surface area contributed by atoms with Crippen LogP contribution in [-0.4, -0.2) is 24.8 Å². The van der Waals surface area contributed by atoms with E-state index in [1.165, 1.54) is 23.5 Å². The quantitative estimate of drug-likeness (QED) is 0.617. The van der Waals surface area contributed by atoms with Crippen LogP contribution in [0.2, 0.25) is 0 Å². The lowest BCUT2D eigenvalue weighted by Gasteiger charge is -2.20. The molecule has 0 spiro atoms.